The third-order valence-electron chi connectivity index (χ3n) is 4.55. The van der Waals surface area contributed by atoms with E-state index < -0.39 is 23.4 Å². The number of carbonyl (C=O) groups is 3. The maximum Gasteiger partial charge on any atom is 0.344 e. The van der Waals surface area contributed by atoms with Crippen LogP contribution in [0.5, 0.6) is 11.5 Å². The standard InChI is InChI=1S/C20H21N3O5/c1-3-20(14-9-5-4-6-10-14)18(25)23(19(26)21-20)22-17(24)13-28-16-12-8-7-11-15(16)27-2/h4-12H,3,13H2,1-2H3,(H,21,26)(H,22,24)/t20-/m0/s1. The molecule has 0 bridgehead atoms. The SMILES string of the molecule is CC[C@@]1(c2ccccc2)NC(=O)N(NC(=O)COc2ccccc2OC)C1=O. The van der Waals surface area contributed by atoms with E-state index in [0.717, 1.165) is 0 Å². The smallest absolute Gasteiger partial charge is 0.344 e. The second kappa shape index (κ2) is 7.99. The number of imide groups is 1. The molecule has 1 atom stereocenters. The van der Waals surface area contributed by atoms with E-state index in [1.165, 1.54) is 7.11 Å². The number of methoxy groups -OCH3 is 1. The molecule has 146 valence electrons. The Morgan fingerprint density at radius 1 is 1.07 bits per heavy atom. The van der Waals surface area contributed by atoms with Crippen LogP contribution < -0.4 is 20.2 Å². The van der Waals surface area contributed by atoms with Crippen molar-refractivity contribution in [2.45, 2.75) is 18.9 Å². The Morgan fingerprint density at radius 3 is 2.36 bits per heavy atom. The van der Waals surface area contributed by atoms with Crippen molar-refractivity contribution in [3.8, 4) is 11.5 Å². The van der Waals surface area contributed by atoms with Crippen LogP contribution in [0.25, 0.3) is 0 Å². The number of hydrogen-bond acceptors (Lipinski definition) is 5. The lowest BCUT2D eigenvalue weighted by Crippen LogP contribution is -2.49. The largest absolute Gasteiger partial charge is 0.493 e. The molecule has 3 rings (SSSR count). The number of urea groups is 1. The Balaban J connectivity index is 1.69. The van der Waals surface area contributed by atoms with Crippen LogP contribution in [-0.2, 0) is 15.1 Å². The number of ether oxygens (including phenoxy) is 2. The Labute approximate surface area is 162 Å². The lowest BCUT2D eigenvalue weighted by molar-refractivity contribution is -0.140. The first-order chi connectivity index (χ1) is 13.5. The highest BCUT2D eigenvalue weighted by Crippen LogP contribution is 2.31. The van der Waals surface area contributed by atoms with Crippen molar-refractivity contribution in [1.82, 2.24) is 15.8 Å². The van der Waals surface area contributed by atoms with Crippen molar-refractivity contribution < 1.29 is 23.9 Å². The summed E-state index contributed by atoms with van der Waals surface area (Å²) in [5, 5.41) is 3.39. The van der Waals surface area contributed by atoms with Crippen molar-refractivity contribution in [3.63, 3.8) is 0 Å². The van der Waals surface area contributed by atoms with E-state index in [1.807, 2.05) is 6.07 Å². The minimum Gasteiger partial charge on any atom is -0.493 e. The van der Waals surface area contributed by atoms with Crippen LogP contribution >= 0.6 is 0 Å². The Morgan fingerprint density at radius 2 is 1.71 bits per heavy atom. The number of rotatable bonds is 7. The van der Waals surface area contributed by atoms with Gasteiger partial charge >= 0.3 is 6.03 Å². The second-order valence-electron chi connectivity index (χ2n) is 6.17. The second-order valence-corrected chi connectivity index (χ2v) is 6.17. The van der Waals surface area contributed by atoms with Crippen LogP contribution in [0.2, 0.25) is 0 Å². The maximum atomic E-state index is 12.9. The number of carbonyl (C=O) groups excluding carboxylic acids is 3. The molecule has 8 nitrogen and oxygen atoms in total. The van der Waals surface area contributed by atoms with E-state index >= 15 is 0 Å². The summed E-state index contributed by atoms with van der Waals surface area (Å²) in [7, 11) is 1.49. The summed E-state index contributed by atoms with van der Waals surface area (Å²) < 4.78 is 10.6. The van der Waals surface area contributed by atoms with E-state index in [4.69, 9.17) is 9.47 Å². The number of nitrogens with one attached hydrogen (secondary N) is 2. The predicted molar refractivity (Wildman–Crippen MR) is 100 cm³/mol. The Hall–Kier alpha value is -3.55. The van der Waals surface area contributed by atoms with Gasteiger partial charge in [-0.15, -0.1) is 0 Å². The van der Waals surface area contributed by atoms with Crippen LogP contribution in [0, 0.1) is 0 Å². The molecule has 0 radical (unpaired) electrons. The van der Waals surface area contributed by atoms with Crippen LogP contribution in [-0.4, -0.2) is 36.6 Å². The molecule has 1 saturated heterocycles. The maximum absolute atomic E-state index is 12.9. The molecule has 4 amide bonds. The molecule has 2 aromatic rings. The molecule has 0 unspecified atom stereocenters. The molecule has 8 heteroatoms. The minimum absolute atomic E-state index is 0.339. The van der Waals surface area contributed by atoms with E-state index in [0.29, 0.717) is 28.5 Å². The van der Waals surface area contributed by atoms with Crippen molar-refractivity contribution in [2.24, 2.45) is 0 Å². The molecule has 1 fully saturated rings. The predicted octanol–water partition coefficient (Wildman–Crippen LogP) is 1.96. The molecule has 0 aromatic heterocycles. The van der Waals surface area contributed by atoms with Crippen molar-refractivity contribution in [2.75, 3.05) is 13.7 Å². The lowest BCUT2D eigenvalue weighted by Gasteiger charge is -2.25. The van der Waals surface area contributed by atoms with Crippen LogP contribution in [0.3, 0.4) is 0 Å². The highest BCUT2D eigenvalue weighted by Gasteiger charge is 2.52. The van der Waals surface area contributed by atoms with Crippen molar-refractivity contribution in [1.29, 1.82) is 0 Å². The number of amides is 4. The topological polar surface area (TPSA) is 97.0 Å². The fraction of sp³-hybridized carbons (Fsp3) is 0.250. The molecule has 1 aliphatic heterocycles. The van der Waals surface area contributed by atoms with E-state index in [-0.39, 0.29) is 6.61 Å². The summed E-state index contributed by atoms with van der Waals surface area (Å²) in [5.41, 5.74) is 1.75. The van der Waals surface area contributed by atoms with Gasteiger partial charge in [0, 0.05) is 0 Å². The first kappa shape index (κ1) is 19.2. The molecule has 1 aliphatic rings. The van der Waals surface area contributed by atoms with Crippen LogP contribution in [0.4, 0.5) is 4.79 Å². The number of hydrazine groups is 1. The summed E-state index contributed by atoms with van der Waals surface area (Å²) in [5.74, 6) is -0.338. The molecular formula is C20H21N3O5. The molecule has 1 heterocycles. The fourth-order valence-corrected chi connectivity index (χ4v) is 3.08. The molecule has 0 saturated carbocycles. The monoisotopic (exact) mass is 383 g/mol. The zero-order valence-corrected chi connectivity index (χ0v) is 15.6. The Bertz CT molecular complexity index is 886. The van der Waals surface area contributed by atoms with Gasteiger partial charge in [0.15, 0.2) is 18.1 Å². The molecule has 0 spiro atoms. The third kappa shape index (κ3) is 3.48. The van der Waals surface area contributed by atoms with Crippen LogP contribution in [0.15, 0.2) is 54.6 Å². The molecule has 28 heavy (non-hydrogen) atoms. The van der Waals surface area contributed by atoms with Gasteiger partial charge in [-0.1, -0.05) is 49.4 Å². The van der Waals surface area contributed by atoms with Crippen LogP contribution in [0.1, 0.15) is 18.9 Å². The molecule has 2 N–H and O–H groups in total. The van der Waals surface area contributed by atoms with Gasteiger partial charge in [-0.25, -0.2) is 4.79 Å². The van der Waals surface area contributed by atoms with Crippen molar-refractivity contribution in [3.05, 3.63) is 60.2 Å². The van der Waals surface area contributed by atoms with Gasteiger partial charge in [-0.2, -0.15) is 5.01 Å². The first-order valence-electron chi connectivity index (χ1n) is 8.79. The molecule has 0 aliphatic carbocycles. The summed E-state index contributed by atoms with van der Waals surface area (Å²) in [4.78, 5) is 37.6. The summed E-state index contributed by atoms with van der Waals surface area (Å²) in [6.07, 6.45) is 0.339. The average Bonchev–Trinajstić information content (AvgIpc) is 2.98. The quantitative estimate of drug-likeness (QED) is 0.713. The normalized spacial score (nSPS) is 18.6. The van der Waals surface area contributed by atoms with E-state index in [9.17, 15) is 14.4 Å². The first-order valence-corrected chi connectivity index (χ1v) is 8.79. The number of benzene rings is 2. The number of hydrogen-bond donors (Lipinski definition) is 2. The zero-order chi connectivity index (χ0) is 20.1. The Kier molecular flexibility index (Phi) is 5.49. The van der Waals surface area contributed by atoms with Gasteiger partial charge in [0.1, 0.15) is 5.54 Å². The van der Waals surface area contributed by atoms with E-state index in [2.05, 4.69) is 10.7 Å². The summed E-state index contributed by atoms with van der Waals surface area (Å²) >= 11 is 0. The van der Waals surface area contributed by atoms with Gasteiger partial charge in [0.25, 0.3) is 11.8 Å². The lowest BCUT2D eigenvalue weighted by atomic mass is 9.87. The third-order valence-corrected chi connectivity index (χ3v) is 4.55. The van der Waals surface area contributed by atoms with Gasteiger partial charge < -0.3 is 14.8 Å². The minimum atomic E-state index is -1.21. The van der Waals surface area contributed by atoms with E-state index in [1.54, 1.807) is 55.5 Å². The zero-order valence-electron chi connectivity index (χ0n) is 15.6. The number of para-hydroxylation sites is 2. The number of nitrogens with zero attached hydrogens (tertiary/aromatic N) is 1. The summed E-state index contributed by atoms with van der Waals surface area (Å²) in [6.45, 7) is 1.41. The molecule has 2 aromatic carbocycles. The van der Waals surface area contributed by atoms with Crippen molar-refractivity contribution >= 4 is 17.8 Å². The van der Waals surface area contributed by atoms with Gasteiger partial charge in [-0.05, 0) is 24.1 Å². The van der Waals surface area contributed by atoms with Gasteiger partial charge in [0.05, 0.1) is 7.11 Å². The fourth-order valence-electron chi connectivity index (χ4n) is 3.08. The highest BCUT2D eigenvalue weighted by atomic mass is 16.5. The highest BCUT2D eigenvalue weighted by molar-refractivity contribution is 6.08. The van der Waals surface area contributed by atoms with Gasteiger partial charge in [0.2, 0.25) is 0 Å². The average molecular weight is 383 g/mol. The summed E-state index contributed by atoms with van der Waals surface area (Å²) in [6, 6.07) is 15.1. The molecular weight excluding hydrogens is 362 g/mol. The van der Waals surface area contributed by atoms with Gasteiger partial charge in [-0.3, -0.25) is 15.0 Å².